The number of hydrogen-bond donors (Lipinski definition) is 0. The van der Waals surface area contributed by atoms with Gasteiger partial charge in [0.25, 0.3) is 0 Å². The Morgan fingerprint density at radius 2 is 0.617 bits per heavy atom. The van der Waals surface area contributed by atoms with Crippen LogP contribution < -0.4 is 0 Å². The first-order valence-electron chi connectivity index (χ1n) is 20.7. The van der Waals surface area contributed by atoms with Crippen LogP contribution in [0.5, 0.6) is 0 Å². The first-order chi connectivity index (χ1) is 29.8. The molecule has 1 nitrogen and oxygen atoms in total. The highest BCUT2D eigenvalue weighted by atomic mass is 14.6. The lowest BCUT2D eigenvalue weighted by atomic mass is 9.80. The molecule has 278 valence electrons. The fourth-order valence-electron chi connectivity index (χ4n) is 9.75. The smallest absolute Gasteiger partial charge is 0.0347 e. The van der Waals surface area contributed by atoms with E-state index in [0.29, 0.717) is 0 Å². The van der Waals surface area contributed by atoms with Crippen LogP contribution in [0.4, 0.5) is 0 Å². The van der Waals surface area contributed by atoms with Crippen molar-refractivity contribution in [2.75, 3.05) is 0 Å². The van der Waals surface area contributed by atoms with Crippen LogP contribution >= 0.6 is 0 Å². The van der Waals surface area contributed by atoms with E-state index in [1.54, 1.807) is 0 Å². The Kier molecular flexibility index (Phi) is 7.92. The highest BCUT2D eigenvalue weighted by Crippen LogP contribution is 2.49. The average molecular weight is 760 g/mol. The van der Waals surface area contributed by atoms with Gasteiger partial charge in [-0.25, -0.2) is 0 Å². The van der Waals surface area contributed by atoms with Gasteiger partial charge in [0.1, 0.15) is 0 Å². The van der Waals surface area contributed by atoms with Crippen molar-refractivity contribution in [2.45, 2.75) is 0 Å². The standard InChI is InChI=1S/C59H37N/c1-2-15-39-32-41(29-28-38(39)14-1)40-16-13-17-43(33-40)58-53-24-9-11-26-55(53)59(56-27-12-10-25-54(56)58)45-34-44(36-60-37-45)42-30-31-52-50-22-6-5-20-48(50)46-18-3-4-19-47(46)49-21-7-8-23-51(49)57(52)35-42/h1-37H. The fraction of sp³-hybridized carbons (Fsp3) is 0. The molecule has 0 spiro atoms. The van der Waals surface area contributed by atoms with Crippen molar-refractivity contribution >= 4 is 32.3 Å². The van der Waals surface area contributed by atoms with E-state index in [-0.39, 0.29) is 0 Å². The molecule has 0 saturated carbocycles. The van der Waals surface area contributed by atoms with Gasteiger partial charge in [0.05, 0.1) is 0 Å². The van der Waals surface area contributed by atoms with Crippen molar-refractivity contribution in [1.82, 2.24) is 4.98 Å². The molecule has 1 aliphatic carbocycles. The first-order valence-corrected chi connectivity index (χ1v) is 20.7. The number of nitrogens with zero attached hydrogens (tertiary/aromatic N) is 1. The number of fused-ring (bicyclic) bond motifs is 11. The molecular weight excluding hydrogens is 723 g/mol. The average Bonchev–Trinajstić information content (AvgIpc) is 3.32. The second kappa shape index (κ2) is 13.9. The molecule has 1 heteroatoms. The van der Waals surface area contributed by atoms with Gasteiger partial charge in [0.2, 0.25) is 0 Å². The van der Waals surface area contributed by atoms with E-state index in [9.17, 15) is 0 Å². The summed E-state index contributed by atoms with van der Waals surface area (Å²) in [5.41, 5.74) is 19.4. The van der Waals surface area contributed by atoms with Crippen LogP contribution in [0.3, 0.4) is 0 Å². The van der Waals surface area contributed by atoms with Gasteiger partial charge in [-0.1, -0.05) is 188 Å². The first kappa shape index (κ1) is 34.2. The molecule has 0 aliphatic heterocycles. The van der Waals surface area contributed by atoms with Crippen LogP contribution in [-0.2, 0) is 0 Å². The Balaban J connectivity index is 1.02. The molecule has 12 rings (SSSR count). The van der Waals surface area contributed by atoms with Crippen molar-refractivity contribution in [3.05, 3.63) is 225 Å². The predicted molar refractivity (Wildman–Crippen MR) is 254 cm³/mol. The largest absolute Gasteiger partial charge is 0.263 e. The summed E-state index contributed by atoms with van der Waals surface area (Å²) in [6, 6.07) is 77.9. The minimum absolute atomic E-state index is 1.09. The van der Waals surface area contributed by atoms with Crippen molar-refractivity contribution in [1.29, 1.82) is 0 Å². The SMILES string of the molecule is c1cc(-c2ccc3ccccc3c2)cc(-c2c3ccccc3c(-c3cncc(-c4ccc5c(c4)-c4ccccc4-c4ccccc4-c4ccccc4-5)c3)c3ccccc23)c1. The van der Waals surface area contributed by atoms with Crippen LogP contribution in [0.15, 0.2) is 225 Å². The minimum atomic E-state index is 1.09. The van der Waals surface area contributed by atoms with Crippen LogP contribution in [0.1, 0.15) is 0 Å². The summed E-state index contributed by atoms with van der Waals surface area (Å²) in [7, 11) is 0. The summed E-state index contributed by atoms with van der Waals surface area (Å²) in [4.78, 5) is 4.95. The lowest BCUT2D eigenvalue weighted by Gasteiger charge is -2.23. The van der Waals surface area contributed by atoms with E-state index < -0.39 is 0 Å². The summed E-state index contributed by atoms with van der Waals surface area (Å²) in [5, 5.41) is 7.38. The molecule has 60 heavy (non-hydrogen) atoms. The third kappa shape index (κ3) is 5.51. The molecule has 0 N–H and O–H groups in total. The lowest BCUT2D eigenvalue weighted by Crippen LogP contribution is -1.97. The van der Waals surface area contributed by atoms with E-state index in [4.69, 9.17) is 4.98 Å². The van der Waals surface area contributed by atoms with Gasteiger partial charge < -0.3 is 0 Å². The molecule has 0 fully saturated rings. The van der Waals surface area contributed by atoms with E-state index >= 15 is 0 Å². The zero-order valence-corrected chi connectivity index (χ0v) is 32.8. The number of aromatic nitrogens is 1. The molecule has 1 aromatic heterocycles. The number of benzene rings is 10. The van der Waals surface area contributed by atoms with Gasteiger partial charge >= 0.3 is 0 Å². The third-order valence-electron chi connectivity index (χ3n) is 12.5. The van der Waals surface area contributed by atoms with Crippen LogP contribution in [0.2, 0.25) is 0 Å². The van der Waals surface area contributed by atoms with E-state index in [0.717, 1.165) is 16.7 Å². The molecule has 0 amide bonds. The van der Waals surface area contributed by atoms with Gasteiger partial charge in [0, 0.05) is 23.5 Å². The molecule has 0 atom stereocenters. The van der Waals surface area contributed by atoms with E-state index in [2.05, 4.69) is 212 Å². The number of hydrogen-bond acceptors (Lipinski definition) is 1. The Morgan fingerprint density at radius 1 is 0.217 bits per heavy atom. The van der Waals surface area contributed by atoms with Crippen LogP contribution in [0, 0.1) is 0 Å². The third-order valence-corrected chi connectivity index (χ3v) is 12.5. The quantitative estimate of drug-likeness (QED) is 0.163. The monoisotopic (exact) mass is 759 g/mol. The molecule has 0 radical (unpaired) electrons. The Hall–Kier alpha value is -7.87. The highest BCUT2D eigenvalue weighted by molar-refractivity contribution is 6.21. The summed E-state index contributed by atoms with van der Waals surface area (Å²) >= 11 is 0. The van der Waals surface area contributed by atoms with Crippen LogP contribution in [-0.4, -0.2) is 4.98 Å². The maximum absolute atomic E-state index is 4.95. The number of pyridine rings is 1. The number of rotatable bonds is 4. The summed E-state index contributed by atoms with van der Waals surface area (Å²) < 4.78 is 0. The zero-order valence-electron chi connectivity index (χ0n) is 32.8. The fourth-order valence-corrected chi connectivity index (χ4v) is 9.75. The minimum Gasteiger partial charge on any atom is -0.263 e. The summed E-state index contributed by atoms with van der Waals surface area (Å²) in [6.07, 6.45) is 4.05. The topological polar surface area (TPSA) is 12.9 Å². The Morgan fingerprint density at radius 3 is 1.22 bits per heavy atom. The van der Waals surface area contributed by atoms with Crippen molar-refractivity contribution in [3.63, 3.8) is 0 Å². The van der Waals surface area contributed by atoms with Gasteiger partial charge in [0.15, 0.2) is 0 Å². The van der Waals surface area contributed by atoms with E-state index in [1.165, 1.54) is 105 Å². The Labute approximate surface area is 349 Å². The molecule has 0 bridgehead atoms. The Bertz CT molecular complexity index is 3440. The van der Waals surface area contributed by atoms with Crippen molar-refractivity contribution < 1.29 is 0 Å². The van der Waals surface area contributed by atoms with Gasteiger partial charge in [-0.3, -0.25) is 4.98 Å². The van der Waals surface area contributed by atoms with Crippen LogP contribution in [0.25, 0.3) is 121 Å². The molecular formula is C59H37N. The second-order valence-electron chi connectivity index (χ2n) is 15.8. The second-order valence-corrected chi connectivity index (χ2v) is 15.8. The highest BCUT2D eigenvalue weighted by Gasteiger charge is 2.23. The van der Waals surface area contributed by atoms with Gasteiger partial charge in [-0.15, -0.1) is 0 Å². The molecule has 0 saturated heterocycles. The summed E-state index contributed by atoms with van der Waals surface area (Å²) in [5.74, 6) is 0. The van der Waals surface area contributed by atoms with Gasteiger partial charge in [-0.05, 0) is 134 Å². The summed E-state index contributed by atoms with van der Waals surface area (Å²) in [6.45, 7) is 0. The molecule has 0 unspecified atom stereocenters. The molecule has 1 heterocycles. The lowest BCUT2D eigenvalue weighted by molar-refractivity contribution is 1.33. The normalized spacial score (nSPS) is 11.7. The predicted octanol–water partition coefficient (Wildman–Crippen LogP) is 16.2. The van der Waals surface area contributed by atoms with E-state index in [1.807, 2.05) is 12.4 Å². The zero-order chi connectivity index (χ0) is 39.6. The maximum Gasteiger partial charge on any atom is 0.0347 e. The maximum atomic E-state index is 4.95. The van der Waals surface area contributed by atoms with Crippen molar-refractivity contribution in [3.8, 4) is 89.0 Å². The molecule has 1 aliphatic rings. The van der Waals surface area contributed by atoms with Crippen molar-refractivity contribution in [2.24, 2.45) is 0 Å². The van der Waals surface area contributed by atoms with Gasteiger partial charge in [-0.2, -0.15) is 0 Å². The molecule has 10 aromatic carbocycles. The molecule has 11 aromatic rings.